The topological polar surface area (TPSA) is 17.1 Å². The second-order valence-electron chi connectivity index (χ2n) is 3.30. The Kier molecular flexibility index (Phi) is 4.16. The number of carbonyl (C=O) groups excluding carboxylic acids is 1. The molecule has 0 saturated heterocycles. The van der Waals surface area contributed by atoms with Crippen LogP contribution in [0.5, 0.6) is 0 Å². The van der Waals surface area contributed by atoms with Gasteiger partial charge < -0.3 is 0 Å². The van der Waals surface area contributed by atoms with Gasteiger partial charge in [0.2, 0.25) is 0 Å². The van der Waals surface area contributed by atoms with E-state index < -0.39 is 0 Å². The fraction of sp³-hybridized carbons (Fsp3) is 0.0833. The fourth-order valence-electron chi connectivity index (χ4n) is 1.36. The molecule has 82 valence electrons. The van der Waals surface area contributed by atoms with Crippen LogP contribution in [0.2, 0.25) is 0 Å². The van der Waals surface area contributed by atoms with E-state index in [9.17, 15) is 4.79 Å². The Bertz CT molecular complexity index is 521. The first kappa shape index (κ1) is 12.3. The summed E-state index contributed by atoms with van der Waals surface area (Å²) in [5, 5.41) is 1.99. The molecule has 0 atom stereocenters. The summed E-state index contributed by atoms with van der Waals surface area (Å²) in [6.07, 6.45) is 0.471. The van der Waals surface area contributed by atoms with Gasteiger partial charge in [-0.15, -0.1) is 11.3 Å². The average molecular weight is 407 g/mol. The predicted octanol–water partition coefficient (Wildman–Crippen LogP) is 4.54. The molecule has 0 aliphatic rings. The van der Waals surface area contributed by atoms with Crippen molar-refractivity contribution in [2.75, 3.05) is 0 Å². The van der Waals surface area contributed by atoms with Crippen molar-refractivity contribution >= 4 is 55.6 Å². The second-order valence-corrected chi connectivity index (χ2v) is 6.40. The van der Waals surface area contributed by atoms with Gasteiger partial charge in [-0.25, -0.2) is 0 Å². The normalized spacial score (nSPS) is 10.4. The lowest BCUT2D eigenvalue weighted by Gasteiger charge is -2.00. The Morgan fingerprint density at radius 2 is 2.19 bits per heavy atom. The molecule has 0 aliphatic heterocycles. The van der Waals surface area contributed by atoms with E-state index in [4.69, 9.17) is 0 Å². The molecule has 0 bridgehead atoms. The van der Waals surface area contributed by atoms with Gasteiger partial charge in [0.1, 0.15) is 0 Å². The van der Waals surface area contributed by atoms with E-state index in [-0.39, 0.29) is 5.78 Å². The second kappa shape index (κ2) is 5.42. The maximum absolute atomic E-state index is 12.0. The van der Waals surface area contributed by atoms with Crippen LogP contribution in [-0.4, -0.2) is 5.78 Å². The van der Waals surface area contributed by atoms with E-state index in [2.05, 4.69) is 38.5 Å². The summed E-state index contributed by atoms with van der Waals surface area (Å²) in [7, 11) is 0. The fourth-order valence-corrected chi connectivity index (χ4v) is 3.40. The Hall–Kier alpha value is -0.200. The highest BCUT2D eigenvalue weighted by molar-refractivity contribution is 14.1. The molecular formula is C12H8BrIOS. The van der Waals surface area contributed by atoms with Crippen LogP contribution in [0.1, 0.15) is 15.2 Å². The van der Waals surface area contributed by atoms with E-state index in [0.717, 1.165) is 18.5 Å². The van der Waals surface area contributed by atoms with Gasteiger partial charge in [-0.2, -0.15) is 0 Å². The lowest BCUT2D eigenvalue weighted by atomic mass is 10.1. The molecule has 0 radical (unpaired) electrons. The van der Waals surface area contributed by atoms with Gasteiger partial charge in [0.05, 0.1) is 0 Å². The third-order valence-electron chi connectivity index (χ3n) is 2.16. The number of thiophene rings is 1. The summed E-state index contributed by atoms with van der Waals surface area (Å²) in [5.41, 5.74) is 0.784. The molecule has 0 N–H and O–H groups in total. The number of ketones is 1. The standard InChI is InChI=1S/C12H8BrIOS/c13-10-4-5-16-12(10)7-11(15)8-2-1-3-9(14)6-8/h1-6H,7H2. The van der Waals surface area contributed by atoms with Crippen molar-refractivity contribution in [3.8, 4) is 0 Å². The van der Waals surface area contributed by atoms with Crippen molar-refractivity contribution < 1.29 is 4.79 Å². The molecule has 0 aliphatic carbocycles. The number of rotatable bonds is 3. The highest BCUT2D eigenvalue weighted by Gasteiger charge is 2.10. The summed E-state index contributed by atoms with van der Waals surface area (Å²) in [6, 6.07) is 9.66. The van der Waals surface area contributed by atoms with Gasteiger partial charge >= 0.3 is 0 Å². The van der Waals surface area contributed by atoms with Crippen molar-refractivity contribution in [3.05, 3.63) is 54.2 Å². The van der Waals surface area contributed by atoms with Gasteiger partial charge in [-0.1, -0.05) is 12.1 Å². The van der Waals surface area contributed by atoms with Crippen molar-refractivity contribution in [2.24, 2.45) is 0 Å². The Morgan fingerprint density at radius 3 is 2.81 bits per heavy atom. The smallest absolute Gasteiger partial charge is 0.168 e. The largest absolute Gasteiger partial charge is 0.294 e. The molecule has 4 heteroatoms. The van der Waals surface area contributed by atoms with Gasteiger partial charge in [0, 0.05) is 24.9 Å². The summed E-state index contributed by atoms with van der Waals surface area (Å²) >= 11 is 7.26. The molecule has 0 unspecified atom stereocenters. The van der Waals surface area contributed by atoms with E-state index in [1.165, 1.54) is 0 Å². The summed E-state index contributed by atoms with van der Waals surface area (Å²) in [4.78, 5) is 13.1. The maximum atomic E-state index is 12.0. The van der Waals surface area contributed by atoms with Crippen LogP contribution in [-0.2, 0) is 6.42 Å². The van der Waals surface area contributed by atoms with Crippen LogP contribution in [0, 0.1) is 3.57 Å². The molecular weight excluding hydrogens is 399 g/mol. The minimum atomic E-state index is 0.168. The third-order valence-corrected chi connectivity index (χ3v) is 4.76. The minimum absolute atomic E-state index is 0.168. The zero-order valence-corrected chi connectivity index (χ0v) is 12.8. The molecule has 0 amide bonds. The number of Topliss-reactive ketones (excluding diaryl/α,β-unsaturated/α-hetero) is 1. The number of benzene rings is 1. The summed E-state index contributed by atoms with van der Waals surface area (Å²) in [5.74, 6) is 0.168. The third kappa shape index (κ3) is 2.93. The average Bonchev–Trinajstić information content (AvgIpc) is 2.64. The summed E-state index contributed by atoms with van der Waals surface area (Å²) < 4.78 is 2.12. The number of hydrogen-bond donors (Lipinski definition) is 0. The Balaban J connectivity index is 2.18. The Labute approximate surface area is 120 Å². The molecule has 0 fully saturated rings. The van der Waals surface area contributed by atoms with Crippen LogP contribution in [0.15, 0.2) is 40.2 Å². The first-order chi connectivity index (χ1) is 7.66. The van der Waals surface area contributed by atoms with Crippen LogP contribution in [0.4, 0.5) is 0 Å². The zero-order valence-electron chi connectivity index (χ0n) is 8.24. The van der Waals surface area contributed by atoms with E-state index in [1.54, 1.807) is 11.3 Å². The number of hydrogen-bond acceptors (Lipinski definition) is 2. The lowest BCUT2D eigenvalue weighted by Crippen LogP contribution is -2.02. The molecule has 1 aromatic carbocycles. The van der Waals surface area contributed by atoms with Crippen molar-refractivity contribution in [2.45, 2.75) is 6.42 Å². The maximum Gasteiger partial charge on any atom is 0.168 e. The number of halogens is 2. The molecule has 0 saturated carbocycles. The van der Waals surface area contributed by atoms with Crippen molar-refractivity contribution in [1.29, 1.82) is 0 Å². The van der Waals surface area contributed by atoms with Gasteiger partial charge in [0.15, 0.2) is 5.78 Å². The van der Waals surface area contributed by atoms with E-state index >= 15 is 0 Å². The first-order valence-corrected chi connectivity index (χ1v) is 7.42. The minimum Gasteiger partial charge on any atom is -0.294 e. The van der Waals surface area contributed by atoms with Crippen LogP contribution >= 0.6 is 49.9 Å². The highest BCUT2D eigenvalue weighted by Crippen LogP contribution is 2.24. The zero-order chi connectivity index (χ0) is 11.5. The van der Waals surface area contributed by atoms with Gasteiger partial charge in [0.25, 0.3) is 0 Å². The molecule has 1 aromatic heterocycles. The van der Waals surface area contributed by atoms with Gasteiger partial charge in [-0.3, -0.25) is 4.79 Å². The molecule has 0 spiro atoms. The Morgan fingerprint density at radius 1 is 1.38 bits per heavy atom. The molecule has 2 aromatic rings. The lowest BCUT2D eigenvalue weighted by molar-refractivity contribution is 0.0993. The van der Waals surface area contributed by atoms with E-state index in [1.807, 2.05) is 35.7 Å². The van der Waals surface area contributed by atoms with E-state index in [0.29, 0.717) is 6.42 Å². The van der Waals surface area contributed by atoms with Crippen LogP contribution in [0.3, 0.4) is 0 Å². The summed E-state index contributed by atoms with van der Waals surface area (Å²) in [6.45, 7) is 0. The first-order valence-electron chi connectivity index (χ1n) is 4.67. The van der Waals surface area contributed by atoms with Gasteiger partial charge in [-0.05, 0) is 62.1 Å². The SMILES string of the molecule is O=C(Cc1sccc1Br)c1cccc(I)c1. The predicted molar refractivity (Wildman–Crippen MR) is 79.2 cm³/mol. The molecule has 2 rings (SSSR count). The quantitative estimate of drug-likeness (QED) is 0.540. The van der Waals surface area contributed by atoms with Crippen molar-refractivity contribution in [3.63, 3.8) is 0 Å². The van der Waals surface area contributed by atoms with Crippen LogP contribution in [0.25, 0.3) is 0 Å². The monoisotopic (exact) mass is 406 g/mol. The number of carbonyl (C=O) groups is 1. The molecule has 1 heterocycles. The molecule has 1 nitrogen and oxygen atoms in total. The highest BCUT2D eigenvalue weighted by atomic mass is 127. The van der Waals surface area contributed by atoms with Crippen molar-refractivity contribution in [1.82, 2.24) is 0 Å². The van der Waals surface area contributed by atoms with Crippen LogP contribution < -0.4 is 0 Å². The molecule has 16 heavy (non-hydrogen) atoms.